The summed E-state index contributed by atoms with van der Waals surface area (Å²) in [4.78, 5) is 51.5. The zero-order valence-corrected chi connectivity index (χ0v) is 21.3. The number of nitrogens with one attached hydrogen (secondary N) is 2. The summed E-state index contributed by atoms with van der Waals surface area (Å²) in [5.41, 5.74) is 0.551. The summed E-state index contributed by atoms with van der Waals surface area (Å²) in [6.07, 6.45) is 0.608. The molecular formula is C27H24Cl2N4O4. The minimum Gasteiger partial charge on any atom is -0.356 e. The van der Waals surface area contributed by atoms with Crippen LogP contribution in [0.25, 0.3) is 10.9 Å². The predicted molar refractivity (Wildman–Crippen MR) is 145 cm³/mol. The summed E-state index contributed by atoms with van der Waals surface area (Å²) in [5.74, 6) is -0.794. The first-order valence-corrected chi connectivity index (χ1v) is 12.4. The molecule has 4 rings (SSSR count). The van der Waals surface area contributed by atoms with E-state index < -0.39 is 17.2 Å². The zero-order chi connectivity index (χ0) is 26.4. The third kappa shape index (κ3) is 6.47. The Labute approximate surface area is 222 Å². The molecule has 2 N–H and O–H groups in total. The van der Waals surface area contributed by atoms with E-state index >= 15 is 0 Å². The van der Waals surface area contributed by atoms with Gasteiger partial charge in [0, 0.05) is 24.5 Å². The summed E-state index contributed by atoms with van der Waals surface area (Å²) in [7, 11) is 0. The molecule has 0 radical (unpaired) electrons. The van der Waals surface area contributed by atoms with Crippen LogP contribution in [-0.2, 0) is 29.1 Å². The Balaban J connectivity index is 1.51. The number of halogens is 2. The number of hydrogen-bond donors (Lipinski definition) is 2. The standard InChI is InChI=1S/C27H24Cl2N4O4/c28-19-10-11-22(21(29)16-19)31-25(35)17-33-23-9-5-4-8-20(23)26(36)32(27(33)37)15-13-24(34)30-14-12-18-6-2-1-3-7-18/h1-11,16H,12-15,17H2,(H,30,34)(H,31,35). The van der Waals surface area contributed by atoms with Gasteiger partial charge < -0.3 is 10.6 Å². The highest BCUT2D eigenvalue weighted by atomic mass is 35.5. The van der Waals surface area contributed by atoms with Crippen LogP contribution in [0.15, 0.2) is 82.4 Å². The molecular weight excluding hydrogens is 515 g/mol. The van der Waals surface area contributed by atoms with Gasteiger partial charge >= 0.3 is 5.69 Å². The second-order valence-corrected chi connectivity index (χ2v) is 9.19. The smallest absolute Gasteiger partial charge is 0.331 e. The number of aromatic nitrogens is 2. The SMILES string of the molecule is O=C(CCn1c(=O)c2ccccc2n(CC(=O)Nc2ccc(Cl)cc2Cl)c1=O)NCCc1ccccc1. The molecule has 0 spiro atoms. The maximum atomic E-state index is 13.3. The van der Waals surface area contributed by atoms with E-state index in [1.807, 2.05) is 30.3 Å². The van der Waals surface area contributed by atoms with Gasteiger partial charge in [0.05, 0.1) is 21.6 Å². The number of nitrogens with zero attached hydrogens (tertiary/aromatic N) is 2. The lowest BCUT2D eigenvalue weighted by Crippen LogP contribution is -2.42. The van der Waals surface area contributed by atoms with Crippen LogP contribution in [-0.4, -0.2) is 27.5 Å². The number of carbonyl (C=O) groups is 2. The number of carbonyl (C=O) groups excluding carboxylic acids is 2. The van der Waals surface area contributed by atoms with E-state index in [0.717, 1.165) is 10.1 Å². The Kier molecular flexibility index (Phi) is 8.43. The first-order chi connectivity index (χ1) is 17.8. The number of amides is 2. The monoisotopic (exact) mass is 538 g/mol. The van der Waals surface area contributed by atoms with Crippen molar-refractivity contribution in [2.24, 2.45) is 0 Å². The van der Waals surface area contributed by atoms with Crippen LogP contribution in [0.5, 0.6) is 0 Å². The highest BCUT2D eigenvalue weighted by Gasteiger charge is 2.17. The molecule has 1 aromatic heterocycles. The lowest BCUT2D eigenvalue weighted by atomic mass is 10.1. The molecule has 3 aromatic carbocycles. The lowest BCUT2D eigenvalue weighted by Gasteiger charge is -2.14. The van der Waals surface area contributed by atoms with Crippen molar-refractivity contribution in [2.75, 3.05) is 11.9 Å². The van der Waals surface area contributed by atoms with Gasteiger partial charge in [-0.05, 0) is 42.3 Å². The van der Waals surface area contributed by atoms with Gasteiger partial charge in [0.2, 0.25) is 11.8 Å². The number of hydrogen-bond acceptors (Lipinski definition) is 4. The van der Waals surface area contributed by atoms with Gasteiger partial charge in [0.25, 0.3) is 5.56 Å². The van der Waals surface area contributed by atoms with Gasteiger partial charge in [-0.25, -0.2) is 4.79 Å². The summed E-state index contributed by atoms with van der Waals surface area (Å²) >= 11 is 12.0. The molecule has 10 heteroatoms. The number of para-hydroxylation sites is 1. The van der Waals surface area contributed by atoms with E-state index in [0.29, 0.717) is 29.2 Å². The van der Waals surface area contributed by atoms with Crippen molar-refractivity contribution in [1.29, 1.82) is 0 Å². The van der Waals surface area contributed by atoms with Gasteiger partial charge in [-0.15, -0.1) is 0 Å². The molecule has 2 amide bonds. The molecule has 0 fully saturated rings. The van der Waals surface area contributed by atoms with Gasteiger partial charge in [-0.2, -0.15) is 0 Å². The molecule has 0 saturated heterocycles. The number of anilines is 1. The molecule has 8 nitrogen and oxygen atoms in total. The van der Waals surface area contributed by atoms with Crippen molar-refractivity contribution in [2.45, 2.75) is 25.9 Å². The first-order valence-electron chi connectivity index (χ1n) is 11.6. The van der Waals surface area contributed by atoms with Crippen molar-refractivity contribution in [3.8, 4) is 0 Å². The molecule has 0 unspecified atom stereocenters. The van der Waals surface area contributed by atoms with E-state index in [-0.39, 0.29) is 35.8 Å². The summed E-state index contributed by atoms with van der Waals surface area (Å²) in [5, 5.41) is 6.41. The molecule has 1 heterocycles. The van der Waals surface area contributed by atoms with Crippen LogP contribution < -0.4 is 21.9 Å². The first kappa shape index (κ1) is 26.2. The van der Waals surface area contributed by atoms with Crippen LogP contribution in [0.3, 0.4) is 0 Å². The van der Waals surface area contributed by atoms with E-state index in [2.05, 4.69) is 10.6 Å². The summed E-state index contributed by atoms with van der Waals surface area (Å²) in [6, 6.07) is 20.9. The fraction of sp³-hybridized carbons (Fsp3) is 0.185. The lowest BCUT2D eigenvalue weighted by molar-refractivity contribution is -0.121. The highest BCUT2D eigenvalue weighted by molar-refractivity contribution is 6.36. The van der Waals surface area contributed by atoms with Crippen LogP contribution in [0.1, 0.15) is 12.0 Å². The molecule has 190 valence electrons. The molecule has 0 aliphatic rings. The average Bonchev–Trinajstić information content (AvgIpc) is 2.89. The van der Waals surface area contributed by atoms with Gasteiger partial charge in [0.15, 0.2) is 0 Å². The van der Waals surface area contributed by atoms with Crippen molar-refractivity contribution >= 4 is 51.6 Å². The Hall–Kier alpha value is -3.88. The molecule has 0 aliphatic carbocycles. The van der Waals surface area contributed by atoms with E-state index in [1.165, 1.54) is 10.6 Å². The van der Waals surface area contributed by atoms with E-state index in [9.17, 15) is 19.2 Å². The fourth-order valence-electron chi connectivity index (χ4n) is 3.94. The van der Waals surface area contributed by atoms with Crippen molar-refractivity contribution in [3.63, 3.8) is 0 Å². The summed E-state index contributed by atoms with van der Waals surface area (Å²) in [6.45, 7) is -0.0424. The second-order valence-electron chi connectivity index (χ2n) is 8.35. The Bertz CT molecular complexity index is 1560. The van der Waals surface area contributed by atoms with Crippen LogP contribution >= 0.6 is 23.2 Å². The highest BCUT2D eigenvalue weighted by Crippen LogP contribution is 2.25. The molecule has 0 atom stereocenters. The topological polar surface area (TPSA) is 102 Å². The fourth-order valence-corrected chi connectivity index (χ4v) is 4.39. The summed E-state index contributed by atoms with van der Waals surface area (Å²) < 4.78 is 2.20. The third-order valence-corrected chi connectivity index (χ3v) is 6.33. The van der Waals surface area contributed by atoms with Gasteiger partial charge in [-0.1, -0.05) is 65.7 Å². The minimum atomic E-state index is -0.682. The van der Waals surface area contributed by atoms with Crippen molar-refractivity contribution in [1.82, 2.24) is 14.5 Å². The average molecular weight is 539 g/mol. The maximum Gasteiger partial charge on any atom is 0.331 e. The minimum absolute atomic E-state index is 0.0607. The Morgan fingerprint density at radius 2 is 1.57 bits per heavy atom. The molecule has 0 aliphatic heterocycles. The van der Waals surface area contributed by atoms with Crippen molar-refractivity contribution < 1.29 is 9.59 Å². The zero-order valence-electron chi connectivity index (χ0n) is 19.7. The Morgan fingerprint density at radius 1 is 0.838 bits per heavy atom. The third-order valence-electron chi connectivity index (χ3n) is 5.78. The van der Waals surface area contributed by atoms with E-state index in [1.54, 1.807) is 36.4 Å². The molecule has 0 bridgehead atoms. The number of rotatable bonds is 9. The predicted octanol–water partition coefficient (Wildman–Crippen LogP) is 3.86. The second kappa shape index (κ2) is 11.9. The maximum absolute atomic E-state index is 13.3. The number of fused-ring (bicyclic) bond motifs is 1. The Morgan fingerprint density at radius 3 is 2.32 bits per heavy atom. The van der Waals surface area contributed by atoms with Gasteiger partial charge in [-0.3, -0.25) is 23.5 Å². The quantitative estimate of drug-likeness (QED) is 0.337. The van der Waals surface area contributed by atoms with E-state index in [4.69, 9.17) is 23.2 Å². The molecule has 0 saturated carbocycles. The molecule has 4 aromatic rings. The van der Waals surface area contributed by atoms with Crippen molar-refractivity contribution in [3.05, 3.63) is 109 Å². The largest absolute Gasteiger partial charge is 0.356 e. The van der Waals surface area contributed by atoms with Crippen LogP contribution in [0.4, 0.5) is 5.69 Å². The molecule has 37 heavy (non-hydrogen) atoms. The normalized spacial score (nSPS) is 10.9. The number of benzene rings is 3. The van der Waals surface area contributed by atoms with Crippen LogP contribution in [0, 0.1) is 0 Å². The van der Waals surface area contributed by atoms with Crippen LogP contribution in [0.2, 0.25) is 10.0 Å². The van der Waals surface area contributed by atoms with Gasteiger partial charge in [0.1, 0.15) is 6.54 Å².